The molecule has 0 saturated carbocycles. The van der Waals surface area contributed by atoms with Crippen LogP contribution in [0.5, 0.6) is 5.75 Å². The molecule has 0 atom stereocenters. The molecule has 1 aliphatic heterocycles. The highest BCUT2D eigenvalue weighted by Gasteiger charge is 2.33. The van der Waals surface area contributed by atoms with Crippen LogP contribution in [0.2, 0.25) is 0 Å². The van der Waals surface area contributed by atoms with E-state index in [1.54, 1.807) is 42.2 Å². The van der Waals surface area contributed by atoms with E-state index in [2.05, 4.69) is 0 Å². The van der Waals surface area contributed by atoms with E-state index in [9.17, 15) is 18.0 Å². The summed E-state index contributed by atoms with van der Waals surface area (Å²) in [5, 5.41) is 0. The van der Waals surface area contributed by atoms with Crippen molar-refractivity contribution in [3.05, 3.63) is 54.1 Å². The summed E-state index contributed by atoms with van der Waals surface area (Å²) in [6, 6.07) is 13.2. The van der Waals surface area contributed by atoms with Crippen molar-refractivity contribution < 1.29 is 27.5 Å². The maximum atomic E-state index is 13.6. The van der Waals surface area contributed by atoms with Gasteiger partial charge in [0.2, 0.25) is 5.91 Å². The molecule has 0 aliphatic carbocycles. The molecule has 1 amide bonds. The average molecular weight is 475 g/mol. The number of methoxy groups -OCH3 is 1. The number of hydrogen-bond donors (Lipinski definition) is 0. The monoisotopic (exact) mass is 474 g/mol. The van der Waals surface area contributed by atoms with Crippen LogP contribution in [-0.4, -0.2) is 58.5 Å². The number of benzene rings is 2. The Bertz CT molecular complexity index is 1080. The van der Waals surface area contributed by atoms with Crippen molar-refractivity contribution in [2.24, 2.45) is 5.92 Å². The minimum absolute atomic E-state index is 0.0855. The summed E-state index contributed by atoms with van der Waals surface area (Å²) in [5.74, 6) is -0.466. The molecule has 9 heteroatoms. The van der Waals surface area contributed by atoms with Crippen LogP contribution in [0, 0.1) is 12.8 Å². The fourth-order valence-corrected chi connectivity index (χ4v) is 5.30. The van der Waals surface area contributed by atoms with Gasteiger partial charge in [-0.1, -0.05) is 24.3 Å². The SMILES string of the molecule is CCOC(=O)C1CCN(C(=O)CN(c2cc(C)ccc2OC)S(=O)(=O)c2ccccc2)CC1. The van der Waals surface area contributed by atoms with E-state index >= 15 is 0 Å². The third kappa shape index (κ3) is 5.65. The van der Waals surface area contributed by atoms with E-state index in [-0.39, 0.29) is 29.2 Å². The van der Waals surface area contributed by atoms with Crippen molar-refractivity contribution >= 4 is 27.6 Å². The molecule has 0 aromatic heterocycles. The van der Waals surface area contributed by atoms with Crippen molar-refractivity contribution in [3.8, 4) is 5.75 Å². The Kier molecular flexibility index (Phi) is 7.97. The predicted molar refractivity (Wildman–Crippen MR) is 125 cm³/mol. The molecule has 0 N–H and O–H groups in total. The van der Waals surface area contributed by atoms with Crippen LogP contribution in [0.1, 0.15) is 25.3 Å². The maximum Gasteiger partial charge on any atom is 0.309 e. The van der Waals surface area contributed by atoms with E-state index in [0.717, 1.165) is 9.87 Å². The summed E-state index contributed by atoms with van der Waals surface area (Å²) in [6.45, 7) is 4.29. The van der Waals surface area contributed by atoms with Crippen molar-refractivity contribution in [2.45, 2.75) is 31.6 Å². The number of piperidine rings is 1. The number of likely N-dealkylation sites (tertiary alicyclic amines) is 1. The molecule has 178 valence electrons. The van der Waals surface area contributed by atoms with Crippen molar-refractivity contribution in [1.29, 1.82) is 0 Å². The fraction of sp³-hybridized carbons (Fsp3) is 0.417. The van der Waals surface area contributed by atoms with Gasteiger partial charge in [-0.3, -0.25) is 13.9 Å². The molecule has 8 nitrogen and oxygen atoms in total. The number of anilines is 1. The lowest BCUT2D eigenvalue weighted by atomic mass is 9.97. The van der Waals surface area contributed by atoms with Gasteiger partial charge in [0, 0.05) is 13.1 Å². The fourth-order valence-electron chi connectivity index (χ4n) is 3.86. The van der Waals surface area contributed by atoms with Crippen LogP contribution in [0.4, 0.5) is 5.69 Å². The molecule has 1 saturated heterocycles. The van der Waals surface area contributed by atoms with E-state index in [1.807, 2.05) is 13.0 Å². The molecule has 1 heterocycles. The topological polar surface area (TPSA) is 93.2 Å². The molecule has 1 aliphatic rings. The summed E-state index contributed by atoms with van der Waals surface area (Å²) in [5.41, 5.74) is 1.14. The van der Waals surface area contributed by atoms with E-state index < -0.39 is 10.0 Å². The zero-order valence-electron chi connectivity index (χ0n) is 19.2. The molecular weight excluding hydrogens is 444 g/mol. The van der Waals surface area contributed by atoms with Crippen LogP contribution in [0.3, 0.4) is 0 Å². The molecule has 0 spiro atoms. The van der Waals surface area contributed by atoms with Gasteiger partial charge in [-0.2, -0.15) is 0 Å². The summed E-state index contributed by atoms with van der Waals surface area (Å²) in [6.07, 6.45) is 0.980. The van der Waals surface area contributed by atoms with Crippen LogP contribution in [0.15, 0.2) is 53.4 Å². The Morgan fingerprint density at radius 2 is 1.76 bits per heavy atom. The smallest absolute Gasteiger partial charge is 0.309 e. The number of esters is 1. The molecule has 2 aromatic rings. The van der Waals surface area contributed by atoms with Gasteiger partial charge >= 0.3 is 5.97 Å². The Hall–Kier alpha value is -3.07. The first-order chi connectivity index (χ1) is 15.8. The quantitative estimate of drug-likeness (QED) is 0.546. The minimum Gasteiger partial charge on any atom is -0.495 e. The summed E-state index contributed by atoms with van der Waals surface area (Å²) in [7, 11) is -2.58. The van der Waals surface area contributed by atoms with Crippen molar-refractivity contribution in [2.75, 3.05) is 37.7 Å². The maximum absolute atomic E-state index is 13.6. The Morgan fingerprint density at radius 3 is 2.36 bits per heavy atom. The van der Waals surface area contributed by atoms with Crippen LogP contribution in [-0.2, 0) is 24.3 Å². The highest BCUT2D eigenvalue weighted by molar-refractivity contribution is 7.92. The number of sulfonamides is 1. The number of carbonyl (C=O) groups excluding carboxylic acids is 2. The lowest BCUT2D eigenvalue weighted by Crippen LogP contribution is -2.46. The second-order valence-electron chi connectivity index (χ2n) is 7.91. The normalized spacial score (nSPS) is 14.6. The number of amides is 1. The van der Waals surface area contributed by atoms with Crippen LogP contribution >= 0.6 is 0 Å². The van der Waals surface area contributed by atoms with Crippen LogP contribution in [0.25, 0.3) is 0 Å². The zero-order valence-corrected chi connectivity index (χ0v) is 20.0. The standard InChI is InChI=1S/C24H30N2O6S/c1-4-32-24(28)19-12-14-25(15-13-19)23(27)17-26(21-16-18(2)10-11-22(21)31-3)33(29,30)20-8-6-5-7-9-20/h5-11,16,19H,4,12-15,17H2,1-3H3. The number of rotatable bonds is 8. The Morgan fingerprint density at radius 1 is 1.09 bits per heavy atom. The first kappa shape index (κ1) is 24.6. The van der Waals surface area contributed by atoms with E-state index in [0.29, 0.717) is 44.0 Å². The predicted octanol–water partition coefficient (Wildman–Crippen LogP) is 3.00. The molecular formula is C24H30N2O6S. The third-order valence-corrected chi connectivity index (χ3v) is 7.45. The summed E-state index contributed by atoms with van der Waals surface area (Å²) < 4.78 is 38.8. The highest BCUT2D eigenvalue weighted by Crippen LogP contribution is 2.33. The van der Waals surface area contributed by atoms with Crippen molar-refractivity contribution in [3.63, 3.8) is 0 Å². The van der Waals surface area contributed by atoms with Gasteiger partial charge in [0.25, 0.3) is 10.0 Å². The molecule has 0 radical (unpaired) electrons. The zero-order chi connectivity index (χ0) is 24.0. The van der Waals surface area contributed by atoms with Gasteiger partial charge in [-0.15, -0.1) is 0 Å². The van der Waals surface area contributed by atoms with Crippen LogP contribution < -0.4 is 9.04 Å². The largest absolute Gasteiger partial charge is 0.495 e. The molecule has 0 bridgehead atoms. The summed E-state index contributed by atoms with van der Waals surface area (Å²) in [4.78, 5) is 26.9. The second kappa shape index (κ2) is 10.7. The van der Waals surface area contributed by atoms with Gasteiger partial charge in [0.15, 0.2) is 0 Å². The lowest BCUT2D eigenvalue weighted by molar-refractivity contribution is -0.151. The number of aryl methyl sites for hydroxylation is 1. The second-order valence-corrected chi connectivity index (χ2v) is 9.77. The molecule has 3 rings (SSSR count). The van der Waals surface area contributed by atoms with E-state index in [1.165, 1.54) is 19.2 Å². The van der Waals surface area contributed by atoms with Gasteiger partial charge in [-0.25, -0.2) is 8.42 Å². The first-order valence-corrected chi connectivity index (χ1v) is 12.4. The van der Waals surface area contributed by atoms with Crippen molar-refractivity contribution in [1.82, 2.24) is 4.90 Å². The molecule has 1 fully saturated rings. The van der Waals surface area contributed by atoms with Gasteiger partial charge < -0.3 is 14.4 Å². The highest BCUT2D eigenvalue weighted by atomic mass is 32.2. The average Bonchev–Trinajstić information content (AvgIpc) is 2.83. The molecule has 0 unspecified atom stereocenters. The third-order valence-electron chi connectivity index (χ3n) is 5.68. The number of hydrogen-bond acceptors (Lipinski definition) is 6. The molecule has 2 aromatic carbocycles. The lowest BCUT2D eigenvalue weighted by Gasteiger charge is -2.33. The summed E-state index contributed by atoms with van der Waals surface area (Å²) >= 11 is 0. The van der Waals surface area contributed by atoms with E-state index in [4.69, 9.17) is 9.47 Å². The van der Waals surface area contributed by atoms with Gasteiger partial charge in [0.1, 0.15) is 12.3 Å². The number of nitrogens with zero attached hydrogens (tertiary/aromatic N) is 2. The number of ether oxygens (including phenoxy) is 2. The first-order valence-electron chi connectivity index (χ1n) is 10.9. The van der Waals surface area contributed by atoms with Gasteiger partial charge in [-0.05, 0) is 56.5 Å². The number of carbonyl (C=O) groups is 2. The Labute approximate surface area is 195 Å². The Balaban J connectivity index is 1.88. The minimum atomic E-state index is -4.04. The molecule has 33 heavy (non-hydrogen) atoms. The van der Waals surface area contributed by atoms with Gasteiger partial charge in [0.05, 0.1) is 30.2 Å².